The molecule has 2 rings (SSSR count). The summed E-state index contributed by atoms with van der Waals surface area (Å²) in [6, 6.07) is 0. The van der Waals surface area contributed by atoms with E-state index in [1.54, 1.807) is 0 Å². The maximum absolute atomic E-state index is 10.5. The molecule has 0 amide bonds. The number of fused-ring (bicyclic) bond motifs is 2. The molecule has 2 fully saturated rings. The minimum absolute atomic E-state index is 0.129. The number of hydrogen-bond acceptors (Lipinski definition) is 1. The van der Waals surface area contributed by atoms with Crippen LogP contribution >= 0.6 is 0 Å². The second kappa shape index (κ2) is 2.13. The minimum atomic E-state index is -0.459. The quantitative estimate of drug-likeness (QED) is 0.611. The monoisotopic (exact) mass is 182 g/mol. The van der Waals surface area contributed by atoms with E-state index in [2.05, 4.69) is 27.7 Å². The Hall–Kier alpha value is -0.0400. The average Bonchev–Trinajstić information content (AvgIpc) is 2.26. The van der Waals surface area contributed by atoms with Gasteiger partial charge in [0.15, 0.2) is 0 Å². The molecule has 4 atom stereocenters. The maximum atomic E-state index is 10.5. The SMILES string of the molecule is C[C@H]1[C@H]2CC[C@](C)(C2(C)C)[C@@]1(C)O. The molecule has 0 aromatic rings. The zero-order valence-corrected chi connectivity index (χ0v) is 9.52. The summed E-state index contributed by atoms with van der Waals surface area (Å²) < 4.78 is 0. The molecule has 2 aliphatic rings. The Morgan fingerprint density at radius 3 is 1.92 bits per heavy atom. The fourth-order valence-electron chi connectivity index (χ4n) is 4.21. The van der Waals surface area contributed by atoms with E-state index >= 15 is 0 Å². The Morgan fingerprint density at radius 2 is 1.69 bits per heavy atom. The van der Waals surface area contributed by atoms with Crippen LogP contribution in [0.1, 0.15) is 47.5 Å². The summed E-state index contributed by atoms with van der Waals surface area (Å²) in [5.41, 5.74) is -0.0145. The second-order valence-corrected chi connectivity index (χ2v) is 6.14. The van der Waals surface area contributed by atoms with Crippen LogP contribution in [0.15, 0.2) is 0 Å². The summed E-state index contributed by atoms with van der Waals surface area (Å²) >= 11 is 0. The molecule has 0 aliphatic heterocycles. The van der Waals surface area contributed by atoms with E-state index < -0.39 is 5.60 Å². The van der Waals surface area contributed by atoms with Gasteiger partial charge in [0.05, 0.1) is 5.60 Å². The van der Waals surface area contributed by atoms with Gasteiger partial charge in [-0.25, -0.2) is 0 Å². The van der Waals surface area contributed by atoms with Crippen molar-refractivity contribution in [2.75, 3.05) is 0 Å². The highest BCUT2D eigenvalue weighted by Gasteiger charge is 2.69. The summed E-state index contributed by atoms with van der Waals surface area (Å²) in [5.74, 6) is 1.17. The Labute approximate surface area is 81.5 Å². The lowest BCUT2D eigenvalue weighted by atomic mass is 9.64. The fraction of sp³-hybridized carbons (Fsp3) is 1.00. The van der Waals surface area contributed by atoms with Crippen LogP contribution in [-0.4, -0.2) is 10.7 Å². The molecule has 2 bridgehead atoms. The van der Waals surface area contributed by atoms with E-state index in [9.17, 15) is 5.11 Å². The van der Waals surface area contributed by atoms with E-state index in [0.29, 0.717) is 17.3 Å². The molecule has 0 radical (unpaired) electrons. The van der Waals surface area contributed by atoms with Crippen molar-refractivity contribution >= 4 is 0 Å². The van der Waals surface area contributed by atoms with Gasteiger partial charge >= 0.3 is 0 Å². The first kappa shape index (κ1) is 9.51. The van der Waals surface area contributed by atoms with Crippen molar-refractivity contribution in [2.45, 2.75) is 53.1 Å². The molecule has 13 heavy (non-hydrogen) atoms. The van der Waals surface area contributed by atoms with E-state index in [1.807, 2.05) is 6.92 Å². The van der Waals surface area contributed by atoms with Gasteiger partial charge in [-0.3, -0.25) is 0 Å². The Balaban J connectivity index is 2.53. The Bertz CT molecular complexity index is 232. The van der Waals surface area contributed by atoms with Crippen LogP contribution in [0.25, 0.3) is 0 Å². The van der Waals surface area contributed by atoms with Gasteiger partial charge in [0.25, 0.3) is 0 Å². The Kier molecular flexibility index (Phi) is 1.56. The van der Waals surface area contributed by atoms with Crippen LogP contribution in [0.2, 0.25) is 0 Å². The highest BCUT2D eigenvalue weighted by atomic mass is 16.3. The number of hydrogen-bond donors (Lipinski definition) is 1. The first-order valence-corrected chi connectivity index (χ1v) is 5.47. The van der Waals surface area contributed by atoms with Crippen molar-refractivity contribution in [3.8, 4) is 0 Å². The molecular formula is C12H22O. The van der Waals surface area contributed by atoms with Gasteiger partial charge in [-0.1, -0.05) is 27.7 Å². The smallest absolute Gasteiger partial charge is 0.0706 e. The molecule has 0 spiro atoms. The van der Waals surface area contributed by atoms with Crippen LogP contribution < -0.4 is 0 Å². The molecule has 2 aliphatic carbocycles. The van der Waals surface area contributed by atoms with Crippen LogP contribution in [0, 0.1) is 22.7 Å². The lowest BCUT2D eigenvalue weighted by Crippen LogP contribution is -2.47. The molecule has 0 saturated heterocycles. The summed E-state index contributed by atoms with van der Waals surface area (Å²) in [7, 11) is 0. The zero-order chi connectivity index (χ0) is 10.1. The molecule has 76 valence electrons. The van der Waals surface area contributed by atoms with Crippen LogP contribution in [0.5, 0.6) is 0 Å². The lowest BCUT2D eigenvalue weighted by molar-refractivity contribution is -0.0987. The maximum Gasteiger partial charge on any atom is 0.0706 e. The highest BCUT2D eigenvalue weighted by molar-refractivity contribution is 5.18. The third kappa shape index (κ3) is 0.743. The number of aliphatic hydroxyl groups is 1. The van der Waals surface area contributed by atoms with Gasteiger partial charge in [0.1, 0.15) is 0 Å². The van der Waals surface area contributed by atoms with Gasteiger partial charge < -0.3 is 5.11 Å². The van der Waals surface area contributed by atoms with Gasteiger partial charge in [0.2, 0.25) is 0 Å². The molecule has 2 saturated carbocycles. The van der Waals surface area contributed by atoms with E-state index in [4.69, 9.17) is 0 Å². The minimum Gasteiger partial charge on any atom is -0.389 e. The van der Waals surface area contributed by atoms with Gasteiger partial charge in [-0.2, -0.15) is 0 Å². The van der Waals surface area contributed by atoms with E-state index in [-0.39, 0.29) is 5.41 Å². The summed E-state index contributed by atoms with van der Waals surface area (Å²) in [6.45, 7) is 11.2. The molecule has 0 unspecified atom stereocenters. The number of rotatable bonds is 0. The van der Waals surface area contributed by atoms with Crippen LogP contribution in [0.3, 0.4) is 0 Å². The molecule has 1 heteroatoms. The average molecular weight is 182 g/mol. The predicted octanol–water partition coefficient (Wildman–Crippen LogP) is 2.83. The van der Waals surface area contributed by atoms with Crippen molar-refractivity contribution in [3.05, 3.63) is 0 Å². The first-order chi connectivity index (χ1) is 5.75. The third-order valence-corrected chi connectivity index (χ3v) is 5.91. The molecule has 0 aromatic carbocycles. The highest BCUT2D eigenvalue weighted by Crippen LogP contribution is 2.71. The normalized spacial score (nSPS) is 58.6. The topological polar surface area (TPSA) is 20.2 Å². The molecule has 1 nitrogen and oxygen atoms in total. The predicted molar refractivity (Wildman–Crippen MR) is 54.4 cm³/mol. The Morgan fingerprint density at radius 1 is 1.15 bits per heavy atom. The van der Waals surface area contributed by atoms with Crippen LogP contribution in [-0.2, 0) is 0 Å². The van der Waals surface area contributed by atoms with Crippen molar-refractivity contribution in [2.24, 2.45) is 22.7 Å². The summed E-state index contributed by atoms with van der Waals surface area (Å²) in [5, 5.41) is 10.5. The fourth-order valence-corrected chi connectivity index (χ4v) is 4.21. The third-order valence-electron chi connectivity index (χ3n) is 5.91. The van der Waals surface area contributed by atoms with Gasteiger partial charge in [-0.15, -0.1) is 0 Å². The summed E-state index contributed by atoms with van der Waals surface area (Å²) in [4.78, 5) is 0. The van der Waals surface area contributed by atoms with Gasteiger partial charge in [-0.05, 0) is 37.0 Å². The first-order valence-electron chi connectivity index (χ1n) is 5.47. The van der Waals surface area contributed by atoms with Crippen molar-refractivity contribution in [1.29, 1.82) is 0 Å². The standard InChI is InChI=1S/C12H22O/c1-8-9-6-7-11(4,10(9,2)3)12(8,5)13/h8-9,13H,6-7H2,1-5H3/t8-,9+,11+,12-/m0/s1. The van der Waals surface area contributed by atoms with E-state index in [1.165, 1.54) is 12.8 Å². The second-order valence-electron chi connectivity index (χ2n) is 6.14. The molecular weight excluding hydrogens is 160 g/mol. The van der Waals surface area contributed by atoms with Crippen molar-refractivity contribution in [3.63, 3.8) is 0 Å². The molecule has 0 aromatic heterocycles. The van der Waals surface area contributed by atoms with Crippen molar-refractivity contribution in [1.82, 2.24) is 0 Å². The van der Waals surface area contributed by atoms with Gasteiger partial charge in [0, 0.05) is 5.41 Å². The van der Waals surface area contributed by atoms with E-state index in [0.717, 1.165) is 0 Å². The zero-order valence-electron chi connectivity index (χ0n) is 9.52. The summed E-state index contributed by atoms with van der Waals surface area (Å²) in [6.07, 6.45) is 2.50. The largest absolute Gasteiger partial charge is 0.389 e. The molecule has 1 N–H and O–H groups in total. The van der Waals surface area contributed by atoms with Crippen LogP contribution in [0.4, 0.5) is 0 Å². The lowest BCUT2D eigenvalue weighted by Gasteiger charge is -2.44. The molecule has 0 heterocycles. The van der Waals surface area contributed by atoms with Crippen molar-refractivity contribution < 1.29 is 5.11 Å².